The Morgan fingerprint density at radius 3 is 2.49 bits per heavy atom. The molecule has 15 heteroatoms. The number of amides is 3. The zero-order chi connectivity index (χ0) is 32.1. The number of anilines is 3. The first-order valence-electron chi connectivity index (χ1n) is 13.5. The van der Waals surface area contributed by atoms with Crippen molar-refractivity contribution in [2.24, 2.45) is 0 Å². The van der Waals surface area contributed by atoms with Gasteiger partial charge in [-0.05, 0) is 68.3 Å². The molecule has 0 radical (unpaired) electrons. The van der Waals surface area contributed by atoms with Crippen LogP contribution in [0, 0.1) is 13.8 Å². The van der Waals surface area contributed by atoms with E-state index >= 15 is 0 Å². The summed E-state index contributed by atoms with van der Waals surface area (Å²) in [6.45, 7) is 5.08. The molecule has 0 fully saturated rings. The Kier molecular flexibility index (Phi) is 8.69. The molecule has 0 atom stereocenters. The predicted octanol–water partition coefficient (Wildman–Crippen LogP) is 4.13. The van der Waals surface area contributed by atoms with Gasteiger partial charge < -0.3 is 29.7 Å². The van der Waals surface area contributed by atoms with Crippen molar-refractivity contribution in [3.8, 4) is 5.75 Å². The lowest BCUT2D eigenvalue weighted by molar-refractivity contribution is -0.000382. The average Bonchev–Trinajstić information content (AvgIpc) is 3.67. The Hall–Kier alpha value is -6.25. The lowest BCUT2D eigenvalue weighted by Gasteiger charge is -2.18. The smallest absolute Gasteiger partial charge is 0.425 e. The summed E-state index contributed by atoms with van der Waals surface area (Å²) < 4.78 is 16.4. The van der Waals surface area contributed by atoms with E-state index in [1.54, 1.807) is 19.2 Å². The molecule has 45 heavy (non-hydrogen) atoms. The fourth-order valence-corrected chi connectivity index (χ4v) is 4.36. The van der Waals surface area contributed by atoms with E-state index < -0.39 is 24.8 Å². The van der Waals surface area contributed by atoms with Crippen LogP contribution in [0.5, 0.6) is 5.75 Å². The van der Waals surface area contributed by atoms with Crippen molar-refractivity contribution in [3.63, 3.8) is 0 Å². The first-order valence-corrected chi connectivity index (χ1v) is 13.5. The van der Waals surface area contributed by atoms with Gasteiger partial charge in [-0.1, -0.05) is 11.2 Å². The van der Waals surface area contributed by atoms with Crippen molar-refractivity contribution in [3.05, 3.63) is 95.1 Å². The van der Waals surface area contributed by atoms with Gasteiger partial charge in [0, 0.05) is 30.1 Å². The number of carbonyl (C=O) groups is 4. The largest absolute Gasteiger partial charge is 0.508 e. The molecule has 0 unspecified atom stereocenters. The number of hydrogen-bond donors (Lipinski definition) is 3. The van der Waals surface area contributed by atoms with Crippen LogP contribution in [0.25, 0.3) is 5.52 Å². The minimum absolute atomic E-state index is 0.0370. The number of carbonyl (C=O) groups excluding carboxylic acids is 4. The number of ether oxygens (including phenoxy) is 2. The number of nitrogens with one attached hydrogen (secondary N) is 2. The van der Waals surface area contributed by atoms with Crippen LogP contribution in [-0.2, 0) is 9.47 Å². The fourth-order valence-electron chi connectivity index (χ4n) is 4.36. The van der Waals surface area contributed by atoms with Gasteiger partial charge in [0.15, 0.2) is 11.6 Å². The monoisotopic (exact) mass is 613 g/mol. The Bertz CT molecular complexity index is 1880. The number of aryl methyl sites for hydroxylation is 2. The molecule has 3 aromatic heterocycles. The van der Waals surface area contributed by atoms with Crippen molar-refractivity contribution in [2.45, 2.75) is 20.8 Å². The number of imide groups is 1. The molecule has 3 N–H and O–H groups in total. The van der Waals surface area contributed by atoms with Crippen molar-refractivity contribution >= 4 is 46.7 Å². The average molecular weight is 614 g/mol. The molecule has 3 amide bonds. The number of aromatic nitrogens is 4. The van der Waals surface area contributed by atoms with Gasteiger partial charge >= 0.3 is 12.1 Å². The second-order valence-corrected chi connectivity index (χ2v) is 9.59. The Balaban J connectivity index is 1.37. The van der Waals surface area contributed by atoms with E-state index in [9.17, 15) is 24.3 Å². The van der Waals surface area contributed by atoms with Crippen LogP contribution in [0.1, 0.15) is 49.1 Å². The van der Waals surface area contributed by atoms with Gasteiger partial charge in [0.1, 0.15) is 23.9 Å². The molecule has 0 aliphatic carbocycles. The van der Waals surface area contributed by atoms with E-state index in [1.807, 2.05) is 13.8 Å². The van der Waals surface area contributed by atoms with Crippen LogP contribution in [0.15, 0.2) is 71.8 Å². The maximum absolute atomic E-state index is 13.7. The fraction of sp³-hybridized carbons (Fsp3) is 0.167. The number of nitrogens with zero attached hydrogens (tertiary/aromatic N) is 5. The van der Waals surface area contributed by atoms with Crippen LogP contribution < -0.4 is 15.5 Å². The Labute approximate surface area is 255 Å². The summed E-state index contributed by atoms with van der Waals surface area (Å²) in [4.78, 5) is 56.5. The van der Waals surface area contributed by atoms with Crippen molar-refractivity contribution in [1.29, 1.82) is 0 Å². The van der Waals surface area contributed by atoms with Gasteiger partial charge in [0.25, 0.3) is 11.8 Å². The molecule has 3 heterocycles. The summed E-state index contributed by atoms with van der Waals surface area (Å²) in [6, 6.07) is 11.3. The summed E-state index contributed by atoms with van der Waals surface area (Å²) in [5.41, 5.74) is 3.07. The number of benzene rings is 2. The zero-order valence-electron chi connectivity index (χ0n) is 24.3. The van der Waals surface area contributed by atoms with E-state index in [2.05, 4.69) is 25.9 Å². The second-order valence-electron chi connectivity index (χ2n) is 9.59. The summed E-state index contributed by atoms with van der Waals surface area (Å²) in [5, 5.41) is 23.3. The minimum Gasteiger partial charge on any atom is -0.508 e. The highest BCUT2D eigenvalue weighted by atomic mass is 16.7. The number of rotatable bonds is 9. The van der Waals surface area contributed by atoms with E-state index in [-0.39, 0.29) is 28.6 Å². The summed E-state index contributed by atoms with van der Waals surface area (Å²) in [6.07, 6.45) is 2.93. The highest BCUT2D eigenvalue weighted by molar-refractivity contribution is 6.19. The van der Waals surface area contributed by atoms with Crippen LogP contribution in [0.2, 0.25) is 0 Å². The van der Waals surface area contributed by atoms with Gasteiger partial charge in [0.2, 0.25) is 6.79 Å². The molecule has 5 rings (SSSR count). The van der Waals surface area contributed by atoms with E-state index in [4.69, 9.17) is 14.0 Å². The molecule has 0 bridgehead atoms. The summed E-state index contributed by atoms with van der Waals surface area (Å²) in [5.74, 6) is -1.69. The molecule has 0 saturated carbocycles. The van der Waals surface area contributed by atoms with Gasteiger partial charge in [-0.3, -0.25) is 9.59 Å². The van der Waals surface area contributed by atoms with Crippen LogP contribution >= 0.6 is 0 Å². The third-order valence-corrected chi connectivity index (χ3v) is 6.66. The molecule has 0 spiro atoms. The van der Waals surface area contributed by atoms with Gasteiger partial charge in [-0.25, -0.2) is 19.1 Å². The van der Waals surface area contributed by atoms with Crippen molar-refractivity contribution < 1.29 is 38.3 Å². The Morgan fingerprint density at radius 1 is 1.02 bits per heavy atom. The molecule has 0 saturated heterocycles. The number of hydrogen-bond acceptors (Lipinski definition) is 12. The molecule has 15 nitrogen and oxygen atoms in total. The number of phenolic OH excluding ortho intramolecular Hbond substituents is 1. The molecule has 230 valence electrons. The molecular formula is C30H27N7O8. The molecule has 5 aromatic rings. The highest BCUT2D eigenvalue weighted by Gasteiger charge is 2.29. The van der Waals surface area contributed by atoms with Crippen molar-refractivity contribution in [2.75, 3.05) is 23.6 Å². The van der Waals surface area contributed by atoms with Gasteiger partial charge in [-0.15, -0.1) is 0 Å². The van der Waals surface area contributed by atoms with Gasteiger partial charge in [-0.2, -0.15) is 10.00 Å². The third kappa shape index (κ3) is 6.41. The second kappa shape index (κ2) is 12.9. The molecule has 0 aliphatic heterocycles. The molecule has 2 aromatic carbocycles. The predicted molar refractivity (Wildman–Crippen MR) is 158 cm³/mol. The number of aromatic hydroxyl groups is 1. The molecular weight excluding hydrogens is 586 g/mol. The van der Waals surface area contributed by atoms with Crippen LogP contribution in [0.4, 0.5) is 22.1 Å². The number of esters is 1. The Morgan fingerprint density at radius 2 is 1.78 bits per heavy atom. The van der Waals surface area contributed by atoms with E-state index in [0.717, 1.165) is 5.56 Å². The van der Waals surface area contributed by atoms with E-state index in [1.165, 1.54) is 59.6 Å². The third-order valence-electron chi connectivity index (χ3n) is 6.66. The van der Waals surface area contributed by atoms with Crippen molar-refractivity contribution in [1.82, 2.24) is 25.1 Å². The summed E-state index contributed by atoms with van der Waals surface area (Å²) in [7, 11) is 0. The quantitative estimate of drug-likeness (QED) is 0.159. The zero-order valence-corrected chi connectivity index (χ0v) is 24.3. The van der Waals surface area contributed by atoms with Crippen LogP contribution in [-0.4, -0.2) is 62.1 Å². The standard InChI is InChI=1S/C30H27N7O8/c1-4-31-27(39)22-14-36-25(18(22)3)26(32-15-33-36)34-23-13-20(6-5-17(23)2)28(40)37(24-11-12-45-35-24)30(42)44-16-43-29(41)19-7-9-21(38)10-8-19/h5-15,38H,4,16H2,1-3H3,(H,31,39)(H,32,33,34). The minimum atomic E-state index is -1.18. The normalized spacial score (nSPS) is 10.7. The molecule has 0 aliphatic rings. The van der Waals surface area contributed by atoms with E-state index in [0.29, 0.717) is 39.6 Å². The first-order chi connectivity index (χ1) is 21.7. The lowest BCUT2D eigenvalue weighted by Crippen LogP contribution is -2.38. The topological polar surface area (TPSA) is 190 Å². The lowest BCUT2D eigenvalue weighted by atomic mass is 10.1. The summed E-state index contributed by atoms with van der Waals surface area (Å²) >= 11 is 0. The highest BCUT2D eigenvalue weighted by Crippen LogP contribution is 2.28. The number of phenols is 1. The maximum Gasteiger partial charge on any atom is 0.425 e. The first kappa shape index (κ1) is 30.2. The van der Waals surface area contributed by atoms with Crippen LogP contribution in [0.3, 0.4) is 0 Å². The number of fused-ring (bicyclic) bond motifs is 1. The van der Waals surface area contributed by atoms with Gasteiger partial charge in [0.05, 0.1) is 11.1 Å². The maximum atomic E-state index is 13.7. The SMILES string of the molecule is CCNC(=O)c1cn2ncnc(Nc3cc(C(=O)N(C(=O)OCOC(=O)c4ccc(O)cc4)c4ccon4)ccc3C)c2c1C.